The maximum Gasteiger partial charge on any atom is 0.149 e. The molecule has 0 bridgehead atoms. The fourth-order valence-corrected chi connectivity index (χ4v) is 4.53. The van der Waals surface area contributed by atoms with Crippen molar-refractivity contribution in [1.82, 2.24) is 0 Å². The molecule has 0 N–H and O–H groups in total. The number of unbranched alkanes of at least 4 members (excludes halogenated alkanes) is 5. The molecule has 0 spiro atoms. The highest BCUT2D eigenvalue weighted by molar-refractivity contribution is 7.85. The Morgan fingerprint density at radius 1 is 1.23 bits per heavy atom. The third-order valence-electron chi connectivity index (χ3n) is 4.59. The summed E-state index contributed by atoms with van der Waals surface area (Å²) in [5.74, 6) is 0.814. The van der Waals surface area contributed by atoms with Crippen molar-refractivity contribution < 1.29 is 13.7 Å². The Labute approximate surface area is 137 Å². The Morgan fingerprint density at radius 2 is 2.00 bits per heavy atom. The van der Waals surface area contributed by atoms with E-state index in [1.807, 2.05) is 18.2 Å². The van der Waals surface area contributed by atoms with E-state index in [4.69, 9.17) is 9.47 Å². The second kappa shape index (κ2) is 8.99. The van der Waals surface area contributed by atoms with Gasteiger partial charge in [-0.25, -0.2) is 0 Å². The van der Waals surface area contributed by atoms with Crippen molar-refractivity contribution in [2.24, 2.45) is 0 Å². The third kappa shape index (κ3) is 4.77. The van der Waals surface area contributed by atoms with Gasteiger partial charge in [-0.1, -0.05) is 64.2 Å². The van der Waals surface area contributed by atoms with Crippen LogP contribution in [-0.4, -0.2) is 33.7 Å². The van der Waals surface area contributed by atoms with Crippen LogP contribution in [-0.2, 0) is 20.3 Å². The van der Waals surface area contributed by atoms with E-state index < -0.39 is 16.4 Å². The lowest BCUT2D eigenvalue weighted by Gasteiger charge is -2.31. The molecule has 2 aliphatic rings. The highest BCUT2D eigenvalue weighted by atomic mass is 32.2. The van der Waals surface area contributed by atoms with E-state index >= 15 is 0 Å². The topological polar surface area (TPSA) is 35.5 Å². The first-order valence-electron chi connectivity index (χ1n) is 8.67. The Bertz CT molecular complexity index is 419. The Hall–Kier alpha value is -0.450. The molecule has 0 aromatic rings. The zero-order valence-electron chi connectivity index (χ0n) is 14.0. The van der Waals surface area contributed by atoms with Gasteiger partial charge >= 0.3 is 0 Å². The van der Waals surface area contributed by atoms with E-state index in [-0.39, 0.29) is 11.4 Å². The van der Waals surface area contributed by atoms with E-state index in [0.717, 1.165) is 18.6 Å². The molecule has 1 fully saturated rings. The minimum absolute atomic E-state index is 0.0222. The molecular formula is C18H30O3S. The lowest BCUT2D eigenvalue weighted by molar-refractivity contribution is 0.0136. The summed E-state index contributed by atoms with van der Waals surface area (Å²) in [6, 6.07) is 0. The maximum absolute atomic E-state index is 12.5. The number of fused-ring (bicyclic) bond motifs is 1. The average Bonchev–Trinajstić information content (AvgIpc) is 2.93. The van der Waals surface area contributed by atoms with Crippen molar-refractivity contribution in [3.8, 4) is 0 Å². The van der Waals surface area contributed by atoms with Gasteiger partial charge in [0.2, 0.25) is 0 Å². The van der Waals surface area contributed by atoms with Crippen molar-refractivity contribution in [2.45, 2.75) is 75.7 Å². The molecule has 22 heavy (non-hydrogen) atoms. The second-order valence-corrected chi connectivity index (χ2v) is 8.39. The molecule has 0 amide bonds. The summed E-state index contributed by atoms with van der Waals surface area (Å²) < 4.78 is 23.9. The van der Waals surface area contributed by atoms with Gasteiger partial charge in [-0.3, -0.25) is 4.21 Å². The Kier molecular flexibility index (Phi) is 7.32. The van der Waals surface area contributed by atoms with Crippen LogP contribution in [0, 0.1) is 0 Å². The van der Waals surface area contributed by atoms with E-state index in [2.05, 4.69) is 19.9 Å². The quantitative estimate of drug-likeness (QED) is 0.567. The van der Waals surface area contributed by atoms with E-state index in [1.165, 1.54) is 32.1 Å². The predicted molar refractivity (Wildman–Crippen MR) is 92.3 cm³/mol. The third-order valence-corrected chi connectivity index (χ3v) is 6.34. The highest BCUT2D eigenvalue weighted by Gasteiger charge is 2.44. The highest BCUT2D eigenvalue weighted by Crippen LogP contribution is 2.36. The van der Waals surface area contributed by atoms with Gasteiger partial charge in [0.15, 0.2) is 0 Å². The summed E-state index contributed by atoms with van der Waals surface area (Å²) in [6.07, 6.45) is 16.3. The van der Waals surface area contributed by atoms with Crippen molar-refractivity contribution in [3.05, 3.63) is 24.3 Å². The molecule has 0 aromatic heterocycles. The van der Waals surface area contributed by atoms with Crippen LogP contribution in [0.25, 0.3) is 0 Å². The number of allylic oxidation sites excluding steroid dienone is 2. The molecule has 0 radical (unpaired) electrons. The smallest absolute Gasteiger partial charge is 0.149 e. The van der Waals surface area contributed by atoms with Gasteiger partial charge in [0.05, 0.1) is 0 Å². The second-order valence-electron chi connectivity index (χ2n) is 6.42. The largest absolute Gasteiger partial charge is 0.345 e. The van der Waals surface area contributed by atoms with Crippen LogP contribution in [0.5, 0.6) is 0 Å². The summed E-state index contributed by atoms with van der Waals surface area (Å²) in [6.45, 7) is 4.64. The summed E-state index contributed by atoms with van der Waals surface area (Å²) in [5, 5.41) is 0.135. The number of rotatable bonds is 10. The van der Waals surface area contributed by atoms with Crippen molar-refractivity contribution >= 4 is 10.8 Å². The van der Waals surface area contributed by atoms with Gasteiger partial charge in [-0.05, 0) is 18.9 Å². The summed E-state index contributed by atoms with van der Waals surface area (Å²) >= 11 is 0. The van der Waals surface area contributed by atoms with E-state index in [1.54, 1.807) is 0 Å². The first-order chi connectivity index (χ1) is 10.7. The molecular weight excluding hydrogens is 296 g/mol. The molecule has 1 saturated heterocycles. The summed E-state index contributed by atoms with van der Waals surface area (Å²) in [7, 11) is -0.782. The number of hydrogen-bond donors (Lipinski definition) is 0. The summed E-state index contributed by atoms with van der Waals surface area (Å²) in [4.78, 5) is 0. The van der Waals surface area contributed by atoms with Crippen LogP contribution >= 0.6 is 0 Å². The van der Waals surface area contributed by atoms with Crippen molar-refractivity contribution in [3.63, 3.8) is 0 Å². The van der Waals surface area contributed by atoms with E-state index in [9.17, 15) is 4.21 Å². The Balaban J connectivity index is 1.72. The minimum Gasteiger partial charge on any atom is -0.345 e. The van der Waals surface area contributed by atoms with Crippen LogP contribution in [0.4, 0.5) is 0 Å². The standard InChI is InChI=1S/C18H30O3S/c1-3-4-5-6-7-10-13-22(19)16(2)14-18-12-9-8-11-17(18)20-15-21-18/h8-9,11-12,16-17H,3-7,10,13-15H2,1-2H3. The molecule has 4 unspecified atom stereocenters. The number of ether oxygens (including phenoxy) is 2. The van der Waals surface area contributed by atoms with Gasteiger partial charge in [0, 0.05) is 21.8 Å². The molecule has 0 aromatic carbocycles. The lowest BCUT2D eigenvalue weighted by Crippen LogP contribution is -2.41. The van der Waals surface area contributed by atoms with E-state index in [0.29, 0.717) is 6.79 Å². The zero-order valence-corrected chi connectivity index (χ0v) is 14.8. The molecule has 2 rings (SSSR count). The van der Waals surface area contributed by atoms with Gasteiger partial charge in [-0.2, -0.15) is 0 Å². The first-order valence-corrected chi connectivity index (χ1v) is 10.0. The average molecular weight is 327 g/mol. The molecule has 126 valence electrons. The first kappa shape index (κ1) is 17.9. The van der Waals surface area contributed by atoms with Gasteiger partial charge in [0.25, 0.3) is 0 Å². The van der Waals surface area contributed by atoms with Crippen LogP contribution in [0.1, 0.15) is 58.8 Å². The zero-order chi connectivity index (χ0) is 15.8. The molecule has 4 atom stereocenters. The molecule has 1 aliphatic carbocycles. The van der Waals surface area contributed by atoms with Gasteiger partial charge in [-0.15, -0.1) is 0 Å². The van der Waals surface area contributed by atoms with Gasteiger partial charge in [0.1, 0.15) is 18.5 Å². The summed E-state index contributed by atoms with van der Waals surface area (Å²) in [5.41, 5.74) is -0.398. The molecule has 4 heteroatoms. The molecule has 1 heterocycles. The normalized spacial score (nSPS) is 29.5. The van der Waals surface area contributed by atoms with Crippen molar-refractivity contribution in [2.75, 3.05) is 12.5 Å². The number of hydrogen-bond acceptors (Lipinski definition) is 3. The lowest BCUT2D eigenvalue weighted by atomic mass is 9.88. The fourth-order valence-electron chi connectivity index (χ4n) is 3.20. The Morgan fingerprint density at radius 3 is 2.82 bits per heavy atom. The van der Waals surface area contributed by atoms with Crippen LogP contribution in [0.2, 0.25) is 0 Å². The van der Waals surface area contributed by atoms with Crippen LogP contribution in [0.15, 0.2) is 24.3 Å². The molecule has 3 nitrogen and oxygen atoms in total. The van der Waals surface area contributed by atoms with Crippen molar-refractivity contribution in [1.29, 1.82) is 0 Å². The predicted octanol–water partition coefficient (Wildman–Crippen LogP) is 4.11. The maximum atomic E-state index is 12.5. The minimum atomic E-state index is -0.782. The SMILES string of the molecule is CCCCCCCCS(=O)C(C)CC12C=CC=CC1OCO2. The van der Waals surface area contributed by atoms with Crippen LogP contribution < -0.4 is 0 Å². The molecule has 1 aliphatic heterocycles. The van der Waals surface area contributed by atoms with Crippen LogP contribution in [0.3, 0.4) is 0 Å². The molecule has 0 saturated carbocycles. The van der Waals surface area contributed by atoms with Gasteiger partial charge < -0.3 is 9.47 Å². The monoisotopic (exact) mass is 326 g/mol. The fraction of sp³-hybridized carbons (Fsp3) is 0.778.